The van der Waals surface area contributed by atoms with Gasteiger partial charge in [-0.15, -0.1) is 0 Å². The highest BCUT2D eigenvalue weighted by Crippen LogP contribution is 2.43. The van der Waals surface area contributed by atoms with E-state index < -0.39 is 17.5 Å². The van der Waals surface area contributed by atoms with Crippen molar-refractivity contribution in [3.05, 3.63) is 35.1 Å². The number of halogens is 3. The predicted molar refractivity (Wildman–Crippen MR) is 138 cm³/mol. The van der Waals surface area contributed by atoms with Crippen LogP contribution in [0.2, 0.25) is 0 Å². The lowest BCUT2D eigenvalue weighted by Crippen LogP contribution is -2.48. The molecule has 7 heteroatoms. The number of nitrogens with zero attached hydrogens (tertiary/aromatic N) is 1. The van der Waals surface area contributed by atoms with Crippen LogP contribution in [0, 0.1) is 40.6 Å². The first-order chi connectivity index (χ1) is 17.4. The van der Waals surface area contributed by atoms with Gasteiger partial charge >= 0.3 is 0 Å². The van der Waals surface area contributed by atoms with Gasteiger partial charge < -0.3 is 10.2 Å². The van der Waals surface area contributed by atoms with Crippen LogP contribution in [0.3, 0.4) is 0 Å². The van der Waals surface area contributed by atoms with Gasteiger partial charge in [-0.3, -0.25) is 9.59 Å². The minimum Gasteiger partial charge on any atom is -0.353 e. The summed E-state index contributed by atoms with van der Waals surface area (Å²) in [5.41, 5.74) is 0.510. The molecule has 2 amide bonds. The zero-order valence-corrected chi connectivity index (χ0v) is 22.8. The van der Waals surface area contributed by atoms with Crippen molar-refractivity contribution in [1.82, 2.24) is 10.2 Å². The van der Waals surface area contributed by atoms with Crippen molar-refractivity contribution in [2.75, 3.05) is 0 Å². The van der Waals surface area contributed by atoms with E-state index in [-0.39, 0.29) is 54.3 Å². The first kappa shape index (κ1) is 28.0. The van der Waals surface area contributed by atoms with E-state index in [1.807, 2.05) is 11.8 Å². The molecule has 4 atom stereocenters. The van der Waals surface area contributed by atoms with Crippen molar-refractivity contribution in [2.45, 2.75) is 116 Å². The topological polar surface area (TPSA) is 49.4 Å². The molecule has 1 N–H and O–H groups in total. The molecule has 1 aliphatic carbocycles. The molecule has 2 bridgehead atoms. The zero-order chi connectivity index (χ0) is 26.9. The predicted octanol–water partition coefficient (Wildman–Crippen LogP) is 6.55. The van der Waals surface area contributed by atoms with E-state index in [4.69, 9.17) is 0 Å². The number of rotatable bonds is 7. The van der Waals surface area contributed by atoms with Crippen molar-refractivity contribution in [3.8, 4) is 0 Å². The van der Waals surface area contributed by atoms with Gasteiger partial charge in [0.05, 0.1) is 0 Å². The lowest BCUT2D eigenvalue weighted by molar-refractivity contribution is -0.138. The van der Waals surface area contributed by atoms with Crippen LogP contribution in [-0.4, -0.2) is 34.8 Å². The minimum atomic E-state index is -1.17. The Morgan fingerprint density at radius 1 is 0.919 bits per heavy atom. The number of nitrogens with one attached hydrogen (secondary N) is 1. The third-order valence-electron chi connectivity index (χ3n) is 9.38. The van der Waals surface area contributed by atoms with E-state index in [1.54, 1.807) is 0 Å². The van der Waals surface area contributed by atoms with Crippen molar-refractivity contribution in [1.29, 1.82) is 0 Å². The highest BCUT2D eigenvalue weighted by Gasteiger charge is 2.44. The molecule has 1 unspecified atom stereocenters. The average molecular weight is 521 g/mol. The number of hydrogen-bond donors (Lipinski definition) is 1. The Hall–Kier alpha value is -2.05. The fourth-order valence-electron chi connectivity index (χ4n) is 7.08. The molecule has 2 saturated heterocycles. The molecule has 1 aromatic rings. The summed E-state index contributed by atoms with van der Waals surface area (Å²) in [4.78, 5) is 27.7. The number of carbonyl (C=O) groups is 2. The van der Waals surface area contributed by atoms with E-state index in [0.29, 0.717) is 29.7 Å². The maximum absolute atomic E-state index is 14.2. The standard InChI is InChI=1S/C30H43F3N2O2/c1-18(13-20-16-26(32)27(33)17-25(20)31)19-14-23-9-10-24(15-19)35(23)29(37)12-11-28(36)34-22-7-5-21(6-8-22)30(2,3)4/h16-19,21-24H,5-15H2,1-4H3,(H,34,36)/t18-,19?,21?,22?,23-,24+/m1/s1. The summed E-state index contributed by atoms with van der Waals surface area (Å²) in [6.45, 7) is 8.88. The molecule has 0 aromatic heterocycles. The molecule has 3 fully saturated rings. The first-order valence-electron chi connectivity index (χ1n) is 14.2. The van der Waals surface area contributed by atoms with Crippen LogP contribution in [-0.2, 0) is 16.0 Å². The third kappa shape index (κ3) is 6.69. The molecule has 0 radical (unpaired) electrons. The van der Waals surface area contributed by atoms with Crippen LogP contribution in [0.5, 0.6) is 0 Å². The molecule has 2 heterocycles. The normalized spacial score (nSPS) is 28.7. The second-order valence-electron chi connectivity index (χ2n) is 12.9. The second-order valence-corrected chi connectivity index (χ2v) is 12.9. The Kier molecular flexibility index (Phi) is 8.59. The summed E-state index contributed by atoms with van der Waals surface area (Å²) in [6.07, 6.45) is 8.64. The fraction of sp³-hybridized carbons (Fsp3) is 0.733. The number of fused-ring (bicyclic) bond motifs is 2. The molecular weight excluding hydrogens is 477 g/mol. The second kappa shape index (κ2) is 11.4. The van der Waals surface area contributed by atoms with Gasteiger partial charge in [0.2, 0.25) is 11.8 Å². The summed E-state index contributed by atoms with van der Waals surface area (Å²) in [5.74, 6) is -1.79. The molecule has 4 rings (SSSR count). The maximum Gasteiger partial charge on any atom is 0.223 e. The number of piperidine rings is 1. The fourth-order valence-corrected chi connectivity index (χ4v) is 7.08. The Bertz CT molecular complexity index is 970. The van der Waals surface area contributed by atoms with E-state index in [0.717, 1.165) is 57.4 Å². The number of amides is 2. The van der Waals surface area contributed by atoms with E-state index in [1.165, 1.54) is 0 Å². The summed E-state index contributed by atoms with van der Waals surface area (Å²) >= 11 is 0. The van der Waals surface area contributed by atoms with Crippen LogP contribution < -0.4 is 5.32 Å². The van der Waals surface area contributed by atoms with E-state index >= 15 is 0 Å². The van der Waals surface area contributed by atoms with E-state index in [9.17, 15) is 22.8 Å². The monoisotopic (exact) mass is 520 g/mol. The molecule has 2 aliphatic heterocycles. The van der Waals surface area contributed by atoms with Gasteiger partial charge in [-0.2, -0.15) is 0 Å². The van der Waals surface area contributed by atoms with Crippen LogP contribution in [0.1, 0.15) is 97.5 Å². The van der Waals surface area contributed by atoms with Crippen molar-refractivity contribution in [3.63, 3.8) is 0 Å². The molecule has 4 nitrogen and oxygen atoms in total. The van der Waals surface area contributed by atoms with Gasteiger partial charge in [-0.05, 0) is 92.6 Å². The van der Waals surface area contributed by atoms with Crippen LogP contribution in [0.15, 0.2) is 12.1 Å². The summed E-state index contributed by atoms with van der Waals surface area (Å²) < 4.78 is 41.1. The smallest absolute Gasteiger partial charge is 0.223 e. The van der Waals surface area contributed by atoms with Crippen LogP contribution >= 0.6 is 0 Å². The van der Waals surface area contributed by atoms with Gasteiger partial charge in [-0.25, -0.2) is 13.2 Å². The molecule has 0 spiro atoms. The van der Waals surface area contributed by atoms with Crippen LogP contribution in [0.25, 0.3) is 0 Å². The largest absolute Gasteiger partial charge is 0.353 e. The van der Waals surface area contributed by atoms with Gasteiger partial charge in [0.25, 0.3) is 0 Å². The summed E-state index contributed by atoms with van der Waals surface area (Å²) in [6, 6.07) is 2.09. The van der Waals surface area contributed by atoms with Crippen molar-refractivity contribution in [2.24, 2.45) is 23.2 Å². The third-order valence-corrected chi connectivity index (χ3v) is 9.38. The molecular formula is C30H43F3N2O2. The Labute approximate surface area is 219 Å². The van der Waals surface area contributed by atoms with Gasteiger partial charge in [0.1, 0.15) is 5.82 Å². The number of hydrogen-bond acceptors (Lipinski definition) is 2. The van der Waals surface area contributed by atoms with Gasteiger partial charge in [-0.1, -0.05) is 27.7 Å². The number of carbonyl (C=O) groups excluding carboxylic acids is 2. The SMILES string of the molecule is C[C@H](Cc1cc(F)c(F)cc1F)C1C[C@H]2CC[C@@H](C1)N2C(=O)CCC(=O)NC1CCC(C(C)(C)C)CC1. The highest BCUT2D eigenvalue weighted by atomic mass is 19.2. The van der Waals surface area contributed by atoms with Gasteiger partial charge in [0.15, 0.2) is 11.6 Å². The lowest BCUT2D eigenvalue weighted by Gasteiger charge is -2.41. The summed E-state index contributed by atoms with van der Waals surface area (Å²) in [5, 5.41) is 3.15. The van der Waals surface area contributed by atoms with Crippen molar-refractivity contribution >= 4 is 11.8 Å². The average Bonchev–Trinajstić information content (AvgIpc) is 3.09. The Morgan fingerprint density at radius 2 is 1.51 bits per heavy atom. The quantitative estimate of drug-likeness (QED) is 0.414. The molecule has 1 aromatic carbocycles. The van der Waals surface area contributed by atoms with Gasteiger partial charge in [0, 0.05) is 37.0 Å². The summed E-state index contributed by atoms with van der Waals surface area (Å²) in [7, 11) is 0. The number of benzene rings is 1. The molecule has 3 aliphatic rings. The molecule has 37 heavy (non-hydrogen) atoms. The van der Waals surface area contributed by atoms with E-state index in [2.05, 4.69) is 26.1 Å². The lowest BCUT2D eigenvalue weighted by atomic mass is 9.71. The molecule has 206 valence electrons. The maximum atomic E-state index is 14.2. The minimum absolute atomic E-state index is 0.0306. The van der Waals surface area contributed by atoms with Crippen LogP contribution in [0.4, 0.5) is 13.2 Å². The Morgan fingerprint density at radius 3 is 2.11 bits per heavy atom. The first-order valence-corrected chi connectivity index (χ1v) is 14.2. The highest BCUT2D eigenvalue weighted by molar-refractivity contribution is 5.84. The Balaban J connectivity index is 1.23. The van der Waals surface area contributed by atoms with Crippen molar-refractivity contribution < 1.29 is 22.8 Å². The molecule has 1 saturated carbocycles. The zero-order valence-electron chi connectivity index (χ0n) is 22.8.